The molecule has 0 saturated carbocycles. The first kappa shape index (κ1) is 17.8. The van der Waals surface area contributed by atoms with Gasteiger partial charge in [0.1, 0.15) is 18.5 Å². The molecule has 1 saturated heterocycles. The molecule has 1 unspecified atom stereocenters. The van der Waals surface area contributed by atoms with Crippen molar-refractivity contribution in [3.63, 3.8) is 0 Å². The van der Waals surface area contributed by atoms with Crippen molar-refractivity contribution in [1.82, 2.24) is 0 Å². The Hall–Kier alpha value is -2.63. The molecule has 4 nitrogen and oxygen atoms in total. The average molecular weight is 424 g/mol. The standard InChI is InChI=1S/C22H18BrNO3/c23-20-13-7-12-19(21(20)27-15-18-14-26-18)22(25)24(16-8-3-1-4-9-16)17-10-5-2-6-11-17/h1-13,18H,14-15H2. The van der Waals surface area contributed by atoms with Gasteiger partial charge in [0.15, 0.2) is 0 Å². The normalized spacial score (nSPS) is 15.2. The lowest BCUT2D eigenvalue weighted by molar-refractivity contribution is 0.0994. The molecule has 5 heteroatoms. The lowest BCUT2D eigenvalue weighted by Crippen LogP contribution is -2.26. The molecule has 136 valence electrons. The van der Waals surface area contributed by atoms with E-state index in [0.29, 0.717) is 24.5 Å². The van der Waals surface area contributed by atoms with Gasteiger partial charge in [-0.2, -0.15) is 0 Å². The maximum Gasteiger partial charge on any atom is 0.266 e. The number of amides is 1. The van der Waals surface area contributed by atoms with Gasteiger partial charge in [-0.15, -0.1) is 0 Å². The van der Waals surface area contributed by atoms with Crippen LogP contribution in [0.4, 0.5) is 11.4 Å². The second-order valence-electron chi connectivity index (χ2n) is 6.19. The minimum atomic E-state index is -0.152. The predicted octanol–water partition coefficient (Wildman–Crippen LogP) is 5.21. The molecule has 0 aromatic heterocycles. The molecule has 1 atom stereocenters. The van der Waals surface area contributed by atoms with Crippen molar-refractivity contribution in [3.8, 4) is 5.75 Å². The smallest absolute Gasteiger partial charge is 0.266 e. The molecular formula is C22H18BrNO3. The van der Waals surface area contributed by atoms with Crippen LogP contribution in [0.2, 0.25) is 0 Å². The van der Waals surface area contributed by atoms with Crippen LogP contribution in [0, 0.1) is 0 Å². The summed E-state index contributed by atoms with van der Waals surface area (Å²) < 4.78 is 11.9. The first-order valence-electron chi connectivity index (χ1n) is 8.71. The van der Waals surface area contributed by atoms with E-state index in [1.807, 2.05) is 72.8 Å². The third-order valence-electron chi connectivity index (χ3n) is 4.25. The Morgan fingerprint density at radius 1 is 0.963 bits per heavy atom. The SMILES string of the molecule is O=C(c1cccc(Br)c1OCC1CO1)N(c1ccccc1)c1ccccc1. The van der Waals surface area contributed by atoms with E-state index in [1.165, 1.54) is 0 Å². The van der Waals surface area contributed by atoms with E-state index in [4.69, 9.17) is 9.47 Å². The summed E-state index contributed by atoms with van der Waals surface area (Å²) in [4.78, 5) is 15.3. The van der Waals surface area contributed by atoms with E-state index in [9.17, 15) is 4.79 Å². The summed E-state index contributed by atoms with van der Waals surface area (Å²) >= 11 is 3.51. The third-order valence-corrected chi connectivity index (χ3v) is 4.87. The Bertz CT molecular complexity index is 887. The zero-order chi connectivity index (χ0) is 18.6. The predicted molar refractivity (Wildman–Crippen MR) is 109 cm³/mol. The van der Waals surface area contributed by atoms with Crippen LogP contribution in [0.5, 0.6) is 5.75 Å². The highest BCUT2D eigenvalue weighted by Gasteiger charge is 2.27. The molecule has 0 bridgehead atoms. The number of hydrogen-bond acceptors (Lipinski definition) is 3. The first-order chi connectivity index (χ1) is 13.2. The highest BCUT2D eigenvalue weighted by Crippen LogP contribution is 2.34. The first-order valence-corrected chi connectivity index (χ1v) is 9.51. The van der Waals surface area contributed by atoms with Gasteiger partial charge in [0.25, 0.3) is 5.91 Å². The number of nitrogens with zero attached hydrogens (tertiary/aromatic N) is 1. The highest BCUT2D eigenvalue weighted by atomic mass is 79.9. The summed E-state index contributed by atoms with van der Waals surface area (Å²) in [5, 5.41) is 0. The summed E-state index contributed by atoms with van der Waals surface area (Å²) in [6, 6.07) is 24.7. The average Bonchev–Trinajstić information content (AvgIpc) is 3.53. The van der Waals surface area contributed by atoms with Crippen LogP contribution < -0.4 is 9.64 Å². The molecular weight excluding hydrogens is 406 g/mol. The maximum absolute atomic E-state index is 13.6. The van der Waals surface area contributed by atoms with Gasteiger partial charge in [-0.25, -0.2) is 0 Å². The molecule has 1 heterocycles. The number of benzene rings is 3. The van der Waals surface area contributed by atoms with Crippen molar-refractivity contribution in [3.05, 3.63) is 88.9 Å². The highest BCUT2D eigenvalue weighted by molar-refractivity contribution is 9.10. The van der Waals surface area contributed by atoms with Gasteiger partial charge in [-0.3, -0.25) is 9.69 Å². The molecule has 0 spiro atoms. The van der Waals surface area contributed by atoms with Crippen LogP contribution in [0.25, 0.3) is 0 Å². The largest absolute Gasteiger partial charge is 0.489 e. The summed E-state index contributed by atoms with van der Waals surface area (Å²) in [5.74, 6) is 0.385. The summed E-state index contributed by atoms with van der Waals surface area (Å²) in [7, 11) is 0. The molecule has 1 fully saturated rings. The molecule has 1 aliphatic heterocycles. The summed E-state index contributed by atoms with van der Waals surface area (Å²) in [6.45, 7) is 1.13. The van der Waals surface area contributed by atoms with Crippen molar-refractivity contribution in [2.75, 3.05) is 18.1 Å². The zero-order valence-electron chi connectivity index (χ0n) is 14.5. The lowest BCUT2D eigenvalue weighted by Gasteiger charge is -2.24. The van der Waals surface area contributed by atoms with Crippen molar-refractivity contribution in [2.45, 2.75) is 6.10 Å². The number of rotatable bonds is 6. The number of carbonyl (C=O) groups excluding carboxylic acids is 1. The summed E-state index contributed by atoms with van der Waals surface area (Å²) in [6.07, 6.45) is 0.111. The van der Waals surface area contributed by atoms with Crippen molar-refractivity contribution < 1.29 is 14.3 Å². The Labute approximate surface area is 166 Å². The minimum Gasteiger partial charge on any atom is -0.489 e. The number of hydrogen-bond donors (Lipinski definition) is 0. The Kier molecular flexibility index (Phi) is 5.23. The number of carbonyl (C=O) groups is 1. The molecule has 4 rings (SSSR count). The number of para-hydroxylation sites is 3. The zero-order valence-corrected chi connectivity index (χ0v) is 16.1. The Morgan fingerprint density at radius 2 is 1.56 bits per heavy atom. The van der Waals surface area contributed by atoms with Gasteiger partial charge in [-0.05, 0) is 52.3 Å². The molecule has 27 heavy (non-hydrogen) atoms. The van der Waals surface area contributed by atoms with Crippen LogP contribution in [-0.2, 0) is 4.74 Å². The van der Waals surface area contributed by atoms with E-state index in [2.05, 4.69) is 15.9 Å². The molecule has 0 radical (unpaired) electrons. The van der Waals surface area contributed by atoms with Crippen molar-refractivity contribution in [2.24, 2.45) is 0 Å². The molecule has 3 aromatic rings. The fourth-order valence-electron chi connectivity index (χ4n) is 2.82. The maximum atomic E-state index is 13.6. The van der Waals surface area contributed by atoms with Crippen molar-refractivity contribution in [1.29, 1.82) is 0 Å². The quantitative estimate of drug-likeness (QED) is 0.511. The Morgan fingerprint density at radius 3 is 2.11 bits per heavy atom. The van der Waals surface area contributed by atoms with Crippen LogP contribution >= 0.6 is 15.9 Å². The van der Waals surface area contributed by atoms with Gasteiger partial charge in [0, 0.05) is 11.4 Å². The van der Waals surface area contributed by atoms with E-state index in [-0.39, 0.29) is 12.0 Å². The fraction of sp³-hybridized carbons (Fsp3) is 0.136. The van der Waals surface area contributed by atoms with Gasteiger partial charge in [-0.1, -0.05) is 42.5 Å². The van der Waals surface area contributed by atoms with E-state index in [1.54, 1.807) is 11.0 Å². The van der Waals surface area contributed by atoms with E-state index in [0.717, 1.165) is 15.8 Å². The van der Waals surface area contributed by atoms with E-state index >= 15 is 0 Å². The lowest BCUT2D eigenvalue weighted by atomic mass is 10.1. The molecule has 0 N–H and O–H groups in total. The van der Waals surface area contributed by atoms with Crippen LogP contribution in [0.3, 0.4) is 0 Å². The number of halogens is 1. The minimum absolute atomic E-state index is 0.111. The van der Waals surface area contributed by atoms with Crippen molar-refractivity contribution >= 4 is 33.2 Å². The number of ether oxygens (including phenoxy) is 2. The third kappa shape index (κ3) is 4.04. The van der Waals surface area contributed by atoms with Crippen LogP contribution in [0.15, 0.2) is 83.3 Å². The number of epoxide rings is 1. The molecule has 1 aliphatic rings. The fourth-order valence-corrected chi connectivity index (χ4v) is 3.30. The summed E-state index contributed by atoms with van der Waals surface area (Å²) in [5.41, 5.74) is 2.09. The Balaban J connectivity index is 1.75. The molecule has 3 aromatic carbocycles. The van der Waals surface area contributed by atoms with Gasteiger partial charge in [0.05, 0.1) is 16.6 Å². The van der Waals surface area contributed by atoms with E-state index < -0.39 is 0 Å². The van der Waals surface area contributed by atoms with Gasteiger partial charge >= 0.3 is 0 Å². The van der Waals surface area contributed by atoms with Gasteiger partial charge in [0.2, 0.25) is 0 Å². The second kappa shape index (κ2) is 7.94. The number of anilines is 2. The molecule has 0 aliphatic carbocycles. The second-order valence-corrected chi connectivity index (χ2v) is 7.05. The molecule has 1 amide bonds. The van der Waals surface area contributed by atoms with Crippen LogP contribution in [-0.4, -0.2) is 25.2 Å². The van der Waals surface area contributed by atoms with Gasteiger partial charge < -0.3 is 9.47 Å². The monoisotopic (exact) mass is 423 g/mol. The van der Waals surface area contributed by atoms with Crippen LogP contribution in [0.1, 0.15) is 10.4 Å². The topological polar surface area (TPSA) is 42.1 Å².